The van der Waals surface area contributed by atoms with Crippen LogP contribution in [0.25, 0.3) is 11.3 Å². The van der Waals surface area contributed by atoms with E-state index in [9.17, 15) is 0 Å². The van der Waals surface area contributed by atoms with E-state index in [1.54, 1.807) is 18.5 Å². The normalized spacial score (nSPS) is 9.00. The summed E-state index contributed by atoms with van der Waals surface area (Å²) >= 11 is 0. The number of nitrogens with zero attached hydrogens (tertiary/aromatic N) is 2. The average molecular weight is 232 g/mol. The van der Waals surface area contributed by atoms with Crippen molar-refractivity contribution < 1.29 is 14.7 Å². The Morgan fingerprint density at radius 3 is 2.65 bits per heavy atom. The van der Waals surface area contributed by atoms with E-state index in [0.29, 0.717) is 11.5 Å². The topological polar surface area (TPSA) is 79.4 Å². The molecule has 2 aromatic rings. The van der Waals surface area contributed by atoms with Gasteiger partial charge in [0, 0.05) is 24.0 Å². The van der Waals surface area contributed by atoms with Crippen molar-refractivity contribution in [2.45, 2.75) is 6.61 Å². The monoisotopic (exact) mass is 232 g/mol. The highest BCUT2D eigenvalue weighted by Gasteiger charge is 2.04. The van der Waals surface area contributed by atoms with E-state index in [-0.39, 0.29) is 13.2 Å². The Morgan fingerprint density at radius 2 is 2.18 bits per heavy atom. The van der Waals surface area contributed by atoms with Crippen molar-refractivity contribution >= 4 is 0 Å². The summed E-state index contributed by atoms with van der Waals surface area (Å²) in [5.74, 6) is 2.44. The van der Waals surface area contributed by atoms with E-state index in [1.807, 2.05) is 18.1 Å². The number of pyridine rings is 1. The molecule has 0 atom stereocenters. The zero-order chi connectivity index (χ0) is 12.5. The van der Waals surface area contributed by atoms with Crippen LogP contribution in [0.4, 0.5) is 0 Å². The van der Waals surface area contributed by atoms with Gasteiger partial charge < -0.3 is 14.7 Å². The highest BCUT2D eigenvalue weighted by Crippen LogP contribution is 2.17. The molecule has 0 aliphatic rings. The second-order valence-electron chi connectivity index (χ2n) is 2.94. The summed E-state index contributed by atoms with van der Waals surface area (Å²) in [5, 5.41) is 20.2. The fourth-order valence-corrected chi connectivity index (χ4v) is 1.04. The summed E-state index contributed by atoms with van der Waals surface area (Å²) in [6.07, 6.45) is 7.91. The Kier molecular flexibility index (Phi) is 5.44. The Labute approximate surface area is 98.7 Å². The van der Waals surface area contributed by atoms with Gasteiger partial charge in [-0.05, 0) is 12.1 Å². The molecule has 0 aliphatic carbocycles. The Morgan fingerprint density at radius 1 is 1.41 bits per heavy atom. The molecule has 0 saturated heterocycles. The quantitative estimate of drug-likeness (QED) is 0.750. The largest absolute Gasteiger partial charge is 0.388 e. The summed E-state index contributed by atoms with van der Waals surface area (Å²) in [6, 6.07) is 5.39. The van der Waals surface area contributed by atoms with Crippen LogP contribution < -0.4 is 0 Å². The third-order valence-electron chi connectivity index (χ3n) is 1.76. The Balaban J connectivity index is 0.000000317. The van der Waals surface area contributed by atoms with Gasteiger partial charge in [-0.2, -0.15) is 0 Å². The number of aromatic nitrogens is 2. The second kappa shape index (κ2) is 7.17. The van der Waals surface area contributed by atoms with Crippen molar-refractivity contribution in [2.75, 3.05) is 6.61 Å². The van der Waals surface area contributed by atoms with E-state index < -0.39 is 0 Å². The molecule has 2 N–H and O–H groups in total. The van der Waals surface area contributed by atoms with Gasteiger partial charge in [0.15, 0.2) is 5.76 Å². The maximum Gasteiger partial charge on any atom is 0.162 e. The van der Waals surface area contributed by atoms with Crippen molar-refractivity contribution in [3.8, 4) is 23.6 Å². The van der Waals surface area contributed by atoms with Crippen molar-refractivity contribution in [3.63, 3.8) is 0 Å². The predicted octanol–water partition coefficient (Wildman–Crippen LogP) is 0.841. The zero-order valence-corrected chi connectivity index (χ0v) is 9.08. The zero-order valence-electron chi connectivity index (χ0n) is 9.08. The number of rotatable bonds is 2. The van der Waals surface area contributed by atoms with Crippen LogP contribution in [-0.4, -0.2) is 27.0 Å². The van der Waals surface area contributed by atoms with E-state index >= 15 is 0 Å². The molecule has 0 amide bonds. The lowest BCUT2D eigenvalue weighted by Gasteiger charge is -1.90. The van der Waals surface area contributed by atoms with E-state index in [0.717, 1.165) is 5.56 Å². The first kappa shape index (κ1) is 12.9. The highest BCUT2D eigenvalue weighted by atomic mass is 16.5. The molecule has 2 aromatic heterocycles. The fourth-order valence-electron chi connectivity index (χ4n) is 1.04. The van der Waals surface area contributed by atoms with Gasteiger partial charge in [0.25, 0.3) is 0 Å². The van der Waals surface area contributed by atoms with Crippen LogP contribution >= 0.6 is 0 Å². The van der Waals surface area contributed by atoms with Gasteiger partial charge >= 0.3 is 0 Å². The first-order chi connectivity index (χ1) is 8.31. The molecule has 2 heterocycles. The Hall–Kier alpha value is -2.16. The summed E-state index contributed by atoms with van der Waals surface area (Å²) in [7, 11) is 0. The number of hydrogen-bond acceptors (Lipinski definition) is 5. The lowest BCUT2D eigenvalue weighted by atomic mass is 10.2. The minimum Gasteiger partial charge on any atom is -0.388 e. The van der Waals surface area contributed by atoms with Crippen molar-refractivity contribution in [2.24, 2.45) is 0 Å². The van der Waals surface area contributed by atoms with E-state index in [1.165, 1.54) is 0 Å². The lowest BCUT2D eigenvalue weighted by Crippen LogP contribution is -1.77. The number of terminal acetylenes is 1. The molecular weight excluding hydrogens is 220 g/mol. The predicted molar refractivity (Wildman–Crippen MR) is 61.6 cm³/mol. The first-order valence-corrected chi connectivity index (χ1v) is 4.83. The molecule has 5 heteroatoms. The van der Waals surface area contributed by atoms with Gasteiger partial charge in [0.2, 0.25) is 0 Å². The lowest BCUT2D eigenvalue weighted by molar-refractivity contribution is 0.229. The van der Waals surface area contributed by atoms with Crippen molar-refractivity contribution in [1.82, 2.24) is 10.1 Å². The number of aliphatic hydroxyl groups excluding tert-OH is 2. The fraction of sp³-hybridized carbons (Fsp3) is 0.167. The van der Waals surface area contributed by atoms with Crippen LogP contribution in [0.15, 0.2) is 35.1 Å². The molecule has 0 radical (unpaired) electrons. The van der Waals surface area contributed by atoms with Gasteiger partial charge in [-0.15, -0.1) is 6.42 Å². The molecule has 2 rings (SSSR count). The third kappa shape index (κ3) is 4.07. The smallest absolute Gasteiger partial charge is 0.162 e. The molecule has 0 unspecified atom stereocenters. The molecule has 0 fully saturated rings. The molecule has 0 aromatic carbocycles. The minimum absolute atomic E-state index is 0.132. The van der Waals surface area contributed by atoms with Crippen LogP contribution in [0.1, 0.15) is 5.76 Å². The van der Waals surface area contributed by atoms with Crippen LogP contribution in [0.5, 0.6) is 0 Å². The van der Waals surface area contributed by atoms with Crippen LogP contribution in [-0.2, 0) is 6.61 Å². The maximum absolute atomic E-state index is 8.75. The average Bonchev–Trinajstić information content (AvgIpc) is 2.89. The highest BCUT2D eigenvalue weighted by molar-refractivity contribution is 5.56. The molecule has 0 bridgehead atoms. The van der Waals surface area contributed by atoms with Crippen molar-refractivity contribution in [3.05, 3.63) is 36.4 Å². The van der Waals surface area contributed by atoms with Gasteiger partial charge in [-0.3, -0.25) is 4.98 Å². The van der Waals surface area contributed by atoms with Crippen molar-refractivity contribution in [1.29, 1.82) is 0 Å². The first-order valence-electron chi connectivity index (χ1n) is 4.83. The SMILES string of the molecule is C#CCO.OCc1cc(-c2cccnc2)no1. The summed E-state index contributed by atoms with van der Waals surface area (Å²) in [4.78, 5) is 3.95. The number of hydrogen-bond donors (Lipinski definition) is 2. The Bertz CT molecular complexity index is 474. The summed E-state index contributed by atoms with van der Waals surface area (Å²) < 4.78 is 4.84. The molecule has 0 spiro atoms. The second-order valence-corrected chi connectivity index (χ2v) is 2.94. The third-order valence-corrected chi connectivity index (χ3v) is 1.76. The van der Waals surface area contributed by atoms with Crippen LogP contribution in [0.2, 0.25) is 0 Å². The van der Waals surface area contributed by atoms with Gasteiger partial charge in [0.05, 0.1) is 0 Å². The molecule has 5 nitrogen and oxygen atoms in total. The molecule has 0 aliphatic heterocycles. The maximum atomic E-state index is 8.75. The van der Waals surface area contributed by atoms with Crippen LogP contribution in [0.3, 0.4) is 0 Å². The van der Waals surface area contributed by atoms with Gasteiger partial charge in [-0.25, -0.2) is 0 Å². The van der Waals surface area contributed by atoms with Crippen LogP contribution in [0, 0.1) is 12.3 Å². The summed E-state index contributed by atoms with van der Waals surface area (Å²) in [5.41, 5.74) is 1.57. The molecular formula is C12H12N2O3. The summed E-state index contributed by atoms with van der Waals surface area (Å²) in [6.45, 7) is -0.284. The van der Waals surface area contributed by atoms with E-state index in [2.05, 4.69) is 16.6 Å². The molecule has 17 heavy (non-hydrogen) atoms. The number of aliphatic hydroxyl groups is 2. The molecule has 0 saturated carbocycles. The minimum atomic E-state index is -0.153. The molecule has 88 valence electrons. The van der Waals surface area contributed by atoms with Gasteiger partial charge in [-0.1, -0.05) is 11.1 Å². The standard InChI is InChI=1S/C9H8N2O2.C3H4O/c12-6-8-4-9(11-13-8)7-2-1-3-10-5-7;1-2-3-4/h1-5,12H,6H2;1,4H,3H2. The van der Waals surface area contributed by atoms with E-state index in [4.69, 9.17) is 14.7 Å². The van der Waals surface area contributed by atoms with Gasteiger partial charge in [0.1, 0.15) is 18.9 Å².